The molecule has 0 radical (unpaired) electrons. The van der Waals surface area contributed by atoms with Gasteiger partial charge in [-0.25, -0.2) is 4.68 Å². The molecule has 0 aliphatic heterocycles. The van der Waals surface area contributed by atoms with Gasteiger partial charge in [-0.05, 0) is 10.4 Å². The van der Waals surface area contributed by atoms with Crippen LogP contribution in [0.15, 0.2) is 5.16 Å². The first-order valence-electron chi connectivity index (χ1n) is 4.73. The summed E-state index contributed by atoms with van der Waals surface area (Å²) in [7, 11) is 0. The van der Waals surface area contributed by atoms with Gasteiger partial charge in [-0.2, -0.15) is 5.26 Å². The zero-order chi connectivity index (χ0) is 11.1. The van der Waals surface area contributed by atoms with Gasteiger partial charge in [0.05, 0.1) is 18.4 Å². The summed E-state index contributed by atoms with van der Waals surface area (Å²) in [5.41, 5.74) is 0. The highest BCUT2D eigenvalue weighted by Crippen LogP contribution is 2.11. The number of nitriles is 1. The Kier molecular flexibility index (Phi) is 5.07. The second-order valence-corrected chi connectivity index (χ2v) is 4.18. The Hall–Kier alpha value is -1.13. The average Bonchev–Trinajstić information content (AvgIpc) is 2.62. The molecule has 0 saturated carbocycles. The predicted molar refractivity (Wildman–Crippen MR) is 57.3 cm³/mol. The number of thioether (sulfide) groups is 1. The van der Waals surface area contributed by atoms with Crippen LogP contribution in [-0.2, 0) is 6.54 Å². The molecule has 0 fully saturated rings. The number of nitrogens with zero attached hydrogens (tertiary/aromatic N) is 5. The Balaban J connectivity index is 2.40. The first-order valence-corrected chi connectivity index (χ1v) is 5.72. The van der Waals surface area contributed by atoms with Gasteiger partial charge in [0.25, 0.3) is 0 Å². The highest BCUT2D eigenvalue weighted by molar-refractivity contribution is 7.99. The SMILES string of the molecule is CC(C)NCCn1nnnc1SCC#N. The molecule has 1 heterocycles. The lowest BCUT2D eigenvalue weighted by Crippen LogP contribution is -2.27. The van der Waals surface area contributed by atoms with Crippen LogP contribution in [0.1, 0.15) is 13.8 Å². The van der Waals surface area contributed by atoms with Crippen molar-refractivity contribution in [1.29, 1.82) is 5.26 Å². The Bertz CT molecular complexity index is 328. The number of hydrogen-bond donors (Lipinski definition) is 1. The van der Waals surface area contributed by atoms with Crippen LogP contribution in [0.25, 0.3) is 0 Å². The topological polar surface area (TPSA) is 79.4 Å². The summed E-state index contributed by atoms with van der Waals surface area (Å²) in [5, 5.41) is 23.7. The van der Waals surface area contributed by atoms with E-state index in [2.05, 4.69) is 34.7 Å². The molecule has 15 heavy (non-hydrogen) atoms. The van der Waals surface area contributed by atoms with Gasteiger partial charge in [0.1, 0.15) is 0 Å². The minimum atomic E-state index is 0.373. The molecule has 7 heteroatoms. The lowest BCUT2D eigenvalue weighted by atomic mass is 10.4. The van der Waals surface area contributed by atoms with Gasteiger partial charge in [0, 0.05) is 12.6 Å². The van der Waals surface area contributed by atoms with Crippen LogP contribution in [0.5, 0.6) is 0 Å². The maximum absolute atomic E-state index is 8.44. The van der Waals surface area contributed by atoms with Crippen LogP contribution in [0, 0.1) is 11.3 Å². The van der Waals surface area contributed by atoms with E-state index in [1.807, 2.05) is 6.07 Å². The van der Waals surface area contributed by atoms with Crippen LogP contribution in [-0.4, -0.2) is 38.5 Å². The van der Waals surface area contributed by atoms with Crippen molar-refractivity contribution >= 4 is 11.8 Å². The van der Waals surface area contributed by atoms with Gasteiger partial charge in [-0.3, -0.25) is 0 Å². The molecule has 0 saturated heterocycles. The number of tetrazole rings is 1. The fourth-order valence-corrected chi connectivity index (χ4v) is 1.56. The quantitative estimate of drug-likeness (QED) is 0.702. The first-order chi connectivity index (χ1) is 7.24. The van der Waals surface area contributed by atoms with Crippen LogP contribution in [0.2, 0.25) is 0 Å². The molecule has 1 N–H and O–H groups in total. The molecule has 0 aliphatic carbocycles. The zero-order valence-electron chi connectivity index (χ0n) is 8.84. The van der Waals surface area contributed by atoms with Crippen LogP contribution >= 0.6 is 11.8 Å². The number of aromatic nitrogens is 4. The molecular weight excluding hydrogens is 212 g/mol. The summed E-state index contributed by atoms with van der Waals surface area (Å²) >= 11 is 1.35. The summed E-state index contributed by atoms with van der Waals surface area (Å²) in [4.78, 5) is 0. The minimum absolute atomic E-state index is 0.373. The van der Waals surface area contributed by atoms with E-state index < -0.39 is 0 Å². The smallest absolute Gasteiger partial charge is 0.210 e. The van der Waals surface area contributed by atoms with Gasteiger partial charge in [0.15, 0.2) is 0 Å². The Morgan fingerprint density at radius 2 is 2.40 bits per heavy atom. The molecule has 6 nitrogen and oxygen atoms in total. The molecule has 0 unspecified atom stereocenters. The monoisotopic (exact) mass is 226 g/mol. The number of hydrogen-bond acceptors (Lipinski definition) is 6. The lowest BCUT2D eigenvalue weighted by Gasteiger charge is -2.07. The van der Waals surface area contributed by atoms with E-state index >= 15 is 0 Å². The third-order valence-electron chi connectivity index (χ3n) is 1.64. The number of rotatable bonds is 6. The maximum Gasteiger partial charge on any atom is 0.210 e. The molecule has 0 atom stereocenters. The fourth-order valence-electron chi connectivity index (χ4n) is 0.996. The van der Waals surface area contributed by atoms with Crippen LogP contribution in [0.3, 0.4) is 0 Å². The summed E-state index contributed by atoms with van der Waals surface area (Å²) in [6.07, 6.45) is 0. The van der Waals surface area contributed by atoms with Gasteiger partial charge in [0.2, 0.25) is 5.16 Å². The van der Waals surface area contributed by atoms with E-state index in [-0.39, 0.29) is 0 Å². The van der Waals surface area contributed by atoms with E-state index in [1.54, 1.807) is 4.68 Å². The standard InChI is InChI=1S/C8H14N6S/c1-7(2)10-4-5-14-8(11-12-13-14)15-6-3-9/h7,10H,4-6H2,1-2H3. The summed E-state index contributed by atoms with van der Waals surface area (Å²) in [5.74, 6) is 0.373. The third kappa shape index (κ3) is 4.27. The minimum Gasteiger partial charge on any atom is -0.313 e. The van der Waals surface area contributed by atoms with Crippen molar-refractivity contribution in [2.45, 2.75) is 31.6 Å². The van der Waals surface area contributed by atoms with Gasteiger partial charge in [-0.1, -0.05) is 25.6 Å². The lowest BCUT2D eigenvalue weighted by molar-refractivity contribution is 0.485. The highest BCUT2D eigenvalue weighted by atomic mass is 32.2. The van der Waals surface area contributed by atoms with Gasteiger partial charge >= 0.3 is 0 Å². The fraction of sp³-hybridized carbons (Fsp3) is 0.750. The van der Waals surface area contributed by atoms with E-state index in [9.17, 15) is 0 Å². The third-order valence-corrected chi connectivity index (χ3v) is 2.47. The molecule has 0 spiro atoms. The highest BCUT2D eigenvalue weighted by Gasteiger charge is 2.05. The molecule has 82 valence electrons. The molecule has 0 aromatic carbocycles. The molecule has 0 amide bonds. The second kappa shape index (κ2) is 6.37. The van der Waals surface area contributed by atoms with Crippen molar-refractivity contribution in [3.8, 4) is 6.07 Å². The van der Waals surface area contributed by atoms with Gasteiger partial charge in [-0.15, -0.1) is 5.10 Å². The van der Waals surface area contributed by atoms with E-state index in [1.165, 1.54) is 11.8 Å². The maximum atomic E-state index is 8.44. The molecule has 0 aliphatic rings. The molecule has 0 bridgehead atoms. The van der Waals surface area contributed by atoms with Crippen molar-refractivity contribution < 1.29 is 0 Å². The van der Waals surface area contributed by atoms with Crippen molar-refractivity contribution in [2.75, 3.05) is 12.3 Å². The number of nitrogens with one attached hydrogen (secondary N) is 1. The van der Waals surface area contributed by atoms with Crippen LogP contribution < -0.4 is 5.32 Å². The largest absolute Gasteiger partial charge is 0.313 e. The first kappa shape index (κ1) is 11.9. The Morgan fingerprint density at radius 1 is 1.60 bits per heavy atom. The molecule has 1 aromatic heterocycles. The average molecular weight is 226 g/mol. The van der Waals surface area contributed by atoms with E-state index in [4.69, 9.17) is 5.26 Å². The molecule has 1 aromatic rings. The normalized spacial score (nSPS) is 10.5. The molecular formula is C8H14N6S. The Labute approximate surface area is 93.0 Å². The van der Waals surface area contributed by atoms with E-state index in [0.717, 1.165) is 13.1 Å². The summed E-state index contributed by atoms with van der Waals surface area (Å²) in [6, 6.07) is 2.50. The van der Waals surface area contributed by atoms with E-state index in [0.29, 0.717) is 17.0 Å². The summed E-state index contributed by atoms with van der Waals surface area (Å²) in [6.45, 7) is 5.72. The van der Waals surface area contributed by atoms with Crippen molar-refractivity contribution in [3.63, 3.8) is 0 Å². The predicted octanol–water partition coefficient (Wildman–Crippen LogP) is 0.287. The second-order valence-electron chi connectivity index (χ2n) is 3.24. The summed E-state index contributed by atoms with van der Waals surface area (Å²) < 4.78 is 1.71. The van der Waals surface area contributed by atoms with Gasteiger partial charge < -0.3 is 5.32 Å². The van der Waals surface area contributed by atoms with Crippen LogP contribution in [0.4, 0.5) is 0 Å². The van der Waals surface area contributed by atoms with Crippen molar-refractivity contribution in [2.24, 2.45) is 0 Å². The Morgan fingerprint density at radius 3 is 3.07 bits per heavy atom. The van der Waals surface area contributed by atoms with Crippen molar-refractivity contribution in [3.05, 3.63) is 0 Å². The zero-order valence-corrected chi connectivity index (χ0v) is 9.66. The molecule has 1 rings (SSSR count). The van der Waals surface area contributed by atoms with Crippen molar-refractivity contribution in [1.82, 2.24) is 25.5 Å².